The topological polar surface area (TPSA) is 64.3 Å². The highest BCUT2D eigenvalue weighted by atomic mass is 19.4. The molecule has 2 aromatic carbocycles. The van der Waals surface area contributed by atoms with Crippen LogP contribution in [0, 0.1) is 0 Å². The average molecular weight is 352 g/mol. The second-order valence-corrected chi connectivity index (χ2v) is 5.62. The average Bonchev–Trinajstić information content (AvgIpc) is 2.59. The van der Waals surface area contributed by atoms with Crippen molar-refractivity contribution >= 4 is 5.91 Å². The zero-order valence-corrected chi connectivity index (χ0v) is 13.8. The Labute approximate surface area is 143 Å². The fourth-order valence-corrected chi connectivity index (χ4v) is 2.29. The number of nitrogens with one attached hydrogen (secondary N) is 1. The molecule has 0 aromatic heterocycles. The van der Waals surface area contributed by atoms with Crippen LogP contribution in [0.25, 0.3) is 0 Å². The summed E-state index contributed by atoms with van der Waals surface area (Å²) in [6, 6.07) is 10.2. The second kappa shape index (κ2) is 7.57. The van der Waals surface area contributed by atoms with Crippen LogP contribution in [0.15, 0.2) is 48.5 Å². The van der Waals surface area contributed by atoms with E-state index in [1.54, 1.807) is 24.3 Å². The number of methoxy groups -OCH3 is 1. The Bertz CT molecular complexity index is 711. The van der Waals surface area contributed by atoms with E-state index >= 15 is 0 Å². The summed E-state index contributed by atoms with van der Waals surface area (Å²) >= 11 is 0. The lowest BCUT2D eigenvalue weighted by molar-refractivity contribution is -0.137. The molecule has 2 aromatic rings. The molecule has 1 amide bonds. The Morgan fingerprint density at radius 2 is 1.52 bits per heavy atom. The van der Waals surface area contributed by atoms with Crippen LogP contribution >= 0.6 is 0 Å². The van der Waals surface area contributed by atoms with Crippen molar-refractivity contribution in [1.29, 1.82) is 0 Å². The molecular formula is C18H19F3N2O2. The van der Waals surface area contributed by atoms with Gasteiger partial charge in [0.15, 0.2) is 0 Å². The van der Waals surface area contributed by atoms with Crippen molar-refractivity contribution in [2.24, 2.45) is 5.73 Å². The molecule has 0 heterocycles. The molecule has 0 aliphatic rings. The van der Waals surface area contributed by atoms with Gasteiger partial charge in [-0.15, -0.1) is 0 Å². The van der Waals surface area contributed by atoms with Gasteiger partial charge in [-0.25, -0.2) is 0 Å². The maximum Gasteiger partial charge on any atom is 0.416 e. The van der Waals surface area contributed by atoms with Crippen molar-refractivity contribution in [2.45, 2.75) is 25.2 Å². The van der Waals surface area contributed by atoms with E-state index in [-0.39, 0.29) is 0 Å². The van der Waals surface area contributed by atoms with Gasteiger partial charge in [0, 0.05) is 0 Å². The van der Waals surface area contributed by atoms with Gasteiger partial charge in [0.1, 0.15) is 5.75 Å². The molecular weight excluding hydrogens is 333 g/mol. The Hall–Kier alpha value is -2.54. The Morgan fingerprint density at radius 3 is 1.92 bits per heavy atom. The molecule has 0 aliphatic carbocycles. The maximum absolute atomic E-state index is 12.7. The molecule has 0 saturated carbocycles. The largest absolute Gasteiger partial charge is 0.497 e. The second-order valence-electron chi connectivity index (χ2n) is 5.62. The van der Waals surface area contributed by atoms with Gasteiger partial charge >= 0.3 is 6.18 Å². The van der Waals surface area contributed by atoms with Crippen molar-refractivity contribution in [1.82, 2.24) is 5.32 Å². The normalized spacial score (nSPS) is 13.8. The lowest BCUT2D eigenvalue weighted by Crippen LogP contribution is -2.40. The lowest BCUT2D eigenvalue weighted by atomic mass is 9.97. The van der Waals surface area contributed by atoms with Gasteiger partial charge in [-0.2, -0.15) is 13.2 Å². The zero-order chi connectivity index (χ0) is 18.6. The maximum atomic E-state index is 12.7. The minimum absolute atomic E-state index is 0.402. The van der Waals surface area contributed by atoms with Crippen LogP contribution in [0.2, 0.25) is 0 Å². The molecule has 7 heteroatoms. The lowest BCUT2D eigenvalue weighted by Gasteiger charge is -2.22. The van der Waals surface area contributed by atoms with Gasteiger partial charge in [0.05, 0.1) is 24.8 Å². The van der Waals surface area contributed by atoms with Crippen LogP contribution < -0.4 is 15.8 Å². The number of hydrogen-bond acceptors (Lipinski definition) is 3. The van der Waals surface area contributed by atoms with Crippen LogP contribution in [0.5, 0.6) is 5.75 Å². The molecule has 3 N–H and O–H groups in total. The Morgan fingerprint density at radius 1 is 1.04 bits per heavy atom. The van der Waals surface area contributed by atoms with Gasteiger partial charge < -0.3 is 15.8 Å². The Balaban J connectivity index is 2.38. The molecule has 0 spiro atoms. The summed E-state index contributed by atoms with van der Waals surface area (Å²) in [5, 5.41) is 2.76. The summed E-state index contributed by atoms with van der Waals surface area (Å²) in [6.07, 6.45) is -4.41. The summed E-state index contributed by atoms with van der Waals surface area (Å²) in [5.41, 5.74) is 6.06. The molecule has 134 valence electrons. The number of carbonyl (C=O) groups excluding carboxylic acids is 1. The number of rotatable bonds is 5. The van der Waals surface area contributed by atoms with E-state index in [9.17, 15) is 18.0 Å². The van der Waals surface area contributed by atoms with E-state index < -0.39 is 29.7 Å². The first-order valence-corrected chi connectivity index (χ1v) is 7.59. The minimum Gasteiger partial charge on any atom is -0.497 e. The van der Waals surface area contributed by atoms with Crippen LogP contribution in [0.4, 0.5) is 13.2 Å². The number of hydrogen-bond donors (Lipinski definition) is 2. The van der Waals surface area contributed by atoms with E-state index in [2.05, 4.69) is 5.32 Å². The van der Waals surface area contributed by atoms with Crippen LogP contribution in [-0.4, -0.2) is 19.1 Å². The van der Waals surface area contributed by atoms with Crippen molar-refractivity contribution < 1.29 is 22.7 Å². The molecule has 0 bridgehead atoms. The highest BCUT2D eigenvalue weighted by molar-refractivity contribution is 5.81. The summed E-state index contributed by atoms with van der Waals surface area (Å²) in [7, 11) is 1.53. The molecule has 2 unspecified atom stereocenters. The highest BCUT2D eigenvalue weighted by Gasteiger charge is 2.30. The molecule has 2 rings (SSSR count). The predicted molar refractivity (Wildman–Crippen MR) is 88.1 cm³/mol. The van der Waals surface area contributed by atoms with Crippen LogP contribution in [0.3, 0.4) is 0 Å². The van der Waals surface area contributed by atoms with Gasteiger partial charge in [0.2, 0.25) is 5.91 Å². The molecule has 0 radical (unpaired) electrons. The Kier molecular flexibility index (Phi) is 5.69. The van der Waals surface area contributed by atoms with E-state index in [1.165, 1.54) is 26.2 Å². The first-order chi connectivity index (χ1) is 11.7. The quantitative estimate of drug-likeness (QED) is 0.868. The zero-order valence-electron chi connectivity index (χ0n) is 13.8. The summed E-state index contributed by atoms with van der Waals surface area (Å²) in [5.74, 6) is 0.231. The third-order valence-electron chi connectivity index (χ3n) is 3.72. The third-order valence-corrected chi connectivity index (χ3v) is 3.72. The fraction of sp³-hybridized carbons (Fsp3) is 0.278. The number of ether oxygens (including phenoxy) is 1. The van der Waals surface area contributed by atoms with E-state index in [0.717, 1.165) is 12.1 Å². The number of benzene rings is 2. The van der Waals surface area contributed by atoms with Gasteiger partial charge in [0.25, 0.3) is 0 Å². The number of alkyl halides is 3. The van der Waals surface area contributed by atoms with Crippen LogP contribution in [0.1, 0.15) is 29.7 Å². The molecule has 2 atom stereocenters. The number of amides is 1. The van der Waals surface area contributed by atoms with E-state index in [4.69, 9.17) is 10.5 Å². The standard InChI is InChI=1S/C18H19F3N2O2/c1-11(22)17(24)23-16(13-5-9-15(25-2)10-6-13)12-3-7-14(8-4-12)18(19,20)21/h3-11,16H,22H2,1-2H3,(H,23,24). The fourth-order valence-electron chi connectivity index (χ4n) is 2.29. The molecule has 25 heavy (non-hydrogen) atoms. The van der Waals surface area contributed by atoms with Crippen LogP contribution in [-0.2, 0) is 11.0 Å². The predicted octanol–water partition coefficient (Wildman–Crippen LogP) is 3.27. The molecule has 4 nitrogen and oxygen atoms in total. The van der Waals surface area contributed by atoms with Crippen molar-refractivity contribution in [3.05, 3.63) is 65.2 Å². The van der Waals surface area contributed by atoms with E-state index in [1.807, 2.05) is 0 Å². The third kappa shape index (κ3) is 4.73. The number of nitrogens with two attached hydrogens (primary N) is 1. The smallest absolute Gasteiger partial charge is 0.416 e. The minimum atomic E-state index is -4.41. The van der Waals surface area contributed by atoms with E-state index in [0.29, 0.717) is 16.9 Å². The molecule has 0 saturated heterocycles. The summed E-state index contributed by atoms with van der Waals surface area (Å²) in [4.78, 5) is 12.0. The summed E-state index contributed by atoms with van der Waals surface area (Å²) in [6.45, 7) is 1.53. The molecule has 0 fully saturated rings. The van der Waals surface area contributed by atoms with Crippen molar-refractivity contribution in [3.63, 3.8) is 0 Å². The van der Waals surface area contributed by atoms with Gasteiger partial charge in [-0.3, -0.25) is 4.79 Å². The van der Waals surface area contributed by atoms with Crippen molar-refractivity contribution in [2.75, 3.05) is 7.11 Å². The SMILES string of the molecule is COc1ccc(C(NC(=O)C(C)N)c2ccc(C(F)(F)F)cc2)cc1. The van der Waals surface area contributed by atoms with Gasteiger partial charge in [-0.05, 0) is 42.3 Å². The first-order valence-electron chi connectivity index (χ1n) is 7.59. The monoisotopic (exact) mass is 352 g/mol. The van der Waals surface area contributed by atoms with Crippen molar-refractivity contribution in [3.8, 4) is 5.75 Å². The summed E-state index contributed by atoms with van der Waals surface area (Å²) < 4.78 is 43.3. The van der Waals surface area contributed by atoms with Gasteiger partial charge in [-0.1, -0.05) is 24.3 Å². The number of halogens is 3. The number of carbonyl (C=O) groups is 1. The first kappa shape index (κ1) is 18.8. The highest BCUT2D eigenvalue weighted by Crippen LogP contribution is 2.31. The molecule has 0 aliphatic heterocycles.